The van der Waals surface area contributed by atoms with Crippen LogP contribution in [0.5, 0.6) is 5.75 Å². The minimum Gasteiger partial charge on any atom is -0.489 e. The highest BCUT2D eigenvalue weighted by molar-refractivity contribution is 5.97. The number of benzene rings is 3. The number of rotatable bonds is 5. The number of fused-ring (bicyclic) bond motifs is 1. The fraction of sp³-hybridized carbons (Fsp3) is 0.174. The smallest absolute Gasteiger partial charge is 0.254 e. The number of carbonyl (C=O) groups is 1. The fourth-order valence-electron chi connectivity index (χ4n) is 3.37. The molecule has 4 heteroatoms. The van der Waals surface area contributed by atoms with Gasteiger partial charge in [0.1, 0.15) is 18.2 Å². The van der Waals surface area contributed by atoms with Crippen LogP contribution in [0.15, 0.2) is 72.8 Å². The minimum absolute atomic E-state index is 0.00858. The number of hydrogen-bond donors (Lipinski definition) is 0. The van der Waals surface area contributed by atoms with Crippen LogP contribution in [0.25, 0.3) is 0 Å². The van der Waals surface area contributed by atoms with Gasteiger partial charge < -0.3 is 9.64 Å². The molecule has 0 aliphatic carbocycles. The first kappa shape index (κ1) is 17.3. The number of hydrogen-bond acceptors (Lipinski definition) is 2. The highest BCUT2D eigenvalue weighted by Crippen LogP contribution is 2.29. The third-order valence-electron chi connectivity index (χ3n) is 4.81. The Morgan fingerprint density at radius 3 is 2.44 bits per heavy atom. The van der Waals surface area contributed by atoms with Gasteiger partial charge in [-0.1, -0.05) is 48.5 Å². The molecule has 1 aliphatic rings. The molecule has 1 heterocycles. The zero-order valence-electron chi connectivity index (χ0n) is 14.9. The maximum Gasteiger partial charge on any atom is 0.254 e. The summed E-state index contributed by atoms with van der Waals surface area (Å²) in [5.41, 5.74) is 3.67. The van der Waals surface area contributed by atoms with Crippen molar-refractivity contribution in [3.8, 4) is 5.75 Å². The predicted molar refractivity (Wildman–Crippen MR) is 102 cm³/mol. The van der Waals surface area contributed by atoms with Gasteiger partial charge in [-0.25, -0.2) is 4.39 Å². The summed E-state index contributed by atoms with van der Waals surface area (Å²) in [4.78, 5) is 14.7. The largest absolute Gasteiger partial charge is 0.489 e. The van der Waals surface area contributed by atoms with Crippen LogP contribution in [0.2, 0.25) is 0 Å². The molecule has 136 valence electrons. The Hall–Kier alpha value is -3.14. The highest BCUT2D eigenvalue weighted by atomic mass is 19.1. The van der Waals surface area contributed by atoms with Crippen LogP contribution in [-0.2, 0) is 19.6 Å². The van der Waals surface area contributed by atoms with Crippen molar-refractivity contribution >= 4 is 5.91 Å². The van der Waals surface area contributed by atoms with Crippen LogP contribution in [-0.4, -0.2) is 17.4 Å². The molecule has 1 amide bonds. The van der Waals surface area contributed by atoms with Crippen molar-refractivity contribution < 1.29 is 13.9 Å². The Kier molecular flexibility index (Phi) is 4.88. The lowest BCUT2D eigenvalue weighted by molar-refractivity contribution is 0.0725. The fourth-order valence-corrected chi connectivity index (χ4v) is 3.37. The Labute approximate surface area is 158 Å². The van der Waals surface area contributed by atoms with E-state index in [0.717, 1.165) is 28.9 Å². The van der Waals surface area contributed by atoms with E-state index < -0.39 is 0 Å². The molecule has 4 rings (SSSR count). The first-order valence-corrected chi connectivity index (χ1v) is 9.03. The molecule has 0 saturated carbocycles. The second kappa shape index (κ2) is 7.62. The molecule has 3 nitrogen and oxygen atoms in total. The van der Waals surface area contributed by atoms with E-state index in [1.807, 2.05) is 48.5 Å². The van der Waals surface area contributed by atoms with Crippen molar-refractivity contribution in [2.45, 2.75) is 19.6 Å². The van der Waals surface area contributed by atoms with Crippen LogP contribution < -0.4 is 4.74 Å². The lowest BCUT2D eigenvalue weighted by Crippen LogP contribution is -2.37. The van der Waals surface area contributed by atoms with Gasteiger partial charge in [0.2, 0.25) is 0 Å². The van der Waals surface area contributed by atoms with E-state index in [4.69, 9.17) is 4.74 Å². The van der Waals surface area contributed by atoms with Crippen LogP contribution in [0.1, 0.15) is 27.0 Å². The Morgan fingerprint density at radius 2 is 1.67 bits per heavy atom. The average Bonchev–Trinajstić information content (AvgIpc) is 2.71. The molecule has 0 atom stereocenters. The van der Waals surface area contributed by atoms with E-state index >= 15 is 0 Å². The van der Waals surface area contributed by atoms with Gasteiger partial charge in [-0.15, -0.1) is 0 Å². The van der Waals surface area contributed by atoms with Gasteiger partial charge in [-0.3, -0.25) is 4.79 Å². The number of ether oxygens (including phenoxy) is 1. The first-order valence-electron chi connectivity index (χ1n) is 9.03. The van der Waals surface area contributed by atoms with Crippen molar-refractivity contribution in [1.29, 1.82) is 0 Å². The summed E-state index contributed by atoms with van der Waals surface area (Å²) < 4.78 is 19.1. The SMILES string of the molecule is O=C1c2cccc(OCc3ccccc3)c2CCN1Cc1ccc(F)cc1. The van der Waals surface area contributed by atoms with E-state index in [1.54, 1.807) is 17.0 Å². The van der Waals surface area contributed by atoms with E-state index in [1.165, 1.54) is 12.1 Å². The lowest BCUT2D eigenvalue weighted by atomic mass is 9.97. The van der Waals surface area contributed by atoms with E-state index in [9.17, 15) is 9.18 Å². The Morgan fingerprint density at radius 1 is 0.889 bits per heavy atom. The zero-order valence-corrected chi connectivity index (χ0v) is 14.9. The van der Waals surface area contributed by atoms with Gasteiger partial charge in [-0.2, -0.15) is 0 Å². The van der Waals surface area contributed by atoms with Gasteiger partial charge in [0, 0.05) is 24.2 Å². The van der Waals surface area contributed by atoms with E-state index in [-0.39, 0.29) is 11.7 Å². The molecule has 0 bridgehead atoms. The molecule has 0 N–H and O–H groups in total. The van der Waals surface area contributed by atoms with E-state index in [2.05, 4.69) is 0 Å². The van der Waals surface area contributed by atoms with Crippen molar-refractivity contribution in [3.63, 3.8) is 0 Å². The lowest BCUT2D eigenvalue weighted by Gasteiger charge is -2.29. The highest BCUT2D eigenvalue weighted by Gasteiger charge is 2.26. The summed E-state index contributed by atoms with van der Waals surface area (Å²) >= 11 is 0. The molecule has 0 aromatic heterocycles. The van der Waals surface area contributed by atoms with Crippen LogP contribution in [0, 0.1) is 5.82 Å². The summed E-state index contributed by atoms with van der Waals surface area (Å²) in [6, 6.07) is 21.9. The van der Waals surface area contributed by atoms with Gasteiger partial charge in [-0.05, 0) is 41.8 Å². The number of halogens is 1. The van der Waals surface area contributed by atoms with Gasteiger partial charge >= 0.3 is 0 Å². The molecule has 0 unspecified atom stereocenters. The van der Waals surface area contributed by atoms with Crippen molar-refractivity contribution in [2.75, 3.05) is 6.54 Å². The molecular formula is C23H20FNO2. The van der Waals surface area contributed by atoms with E-state index in [0.29, 0.717) is 25.3 Å². The normalized spacial score (nSPS) is 13.4. The predicted octanol–water partition coefficient (Wildman–Crippen LogP) is 4.60. The molecule has 0 radical (unpaired) electrons. The maximum absolute atomic E-state index is 13.1. The van der Waals surface area contributed by atoms with Crippen molar-refractivity contribution in [3.05, 3.63) is 101 Å². The number of nitrogens with zero attached hydrogens (tertiary/aromatic N) is 1. The van der Waals surface area contributed by atoms with Crippen molar-refractivity contribution in [2.24, 2.45) is 0 Å². The minimum atomic E-state index is -0.269. The average molecular weight is 361 g/mol. The summed E-state index contributed by atoms with van der Waals surface area (Å²) in [6.07, 6.45) is 0.743. The van der Waals surface area contributed by atoms with Gasteiger partial charge in [0.15, 0.2) is 0 Å². The Bertz CT molecular complexity index is 938. The molecular weight excluding hydrogens is 341 g/mol. The summed E-state index contributed by atoms with van der Waals surface area (Å²) in [5, 5.41) is 0. The quantitative estimate of drug-likeness (QED) is 0.664. The molecule has 27 heavy (non-hydrogen) atoms. The molecule has 0 spiro atoms. The topological polar surface area (TPSA) is 29.5 Å². The third-order valence-corrected chi connectivity index (χ3v) is 4.81. The summed E-state index contributed by atoms with van der Waals surface area (Å²) in [7, 11) is 0. The number of carbonyl (C=O) groups excluding carboxylic acids is 1. The monoisotopic (exact) mass is 361 g/mol. The van der Waals surface area contributed by atoms with Crippen LogP contribution in [0.3, 0.4) is 0 Å². The first-order chi connectivity index (χ1) is 13.2. The second-order valence-corrected chi connectivity index (χ2v) is 6.66. The van der Waals surface area contributed by atoms with Crippen LogP contribution >= 0.6 is 0 Å². The third kappa shape index (κ3) is 3.85. The standard InChI is InChI=1S/C23H20FNO2/c24-19-11-9-17(10-12-19)15-25-14-13-20-21(23(25)26)7-4-8-22(20)27-16-18-5-2-1-3-6-18/h1-12H,13-16H2. The van der Waals surface area contributed by atoms with Gasteiger partial charge in [0.25, 0.3) is 5.91 Å². The summed E-state index contributed by atoms with van der Waals surface area (Å²) in [6.45, 7) is 1.58. The molecule has 3 aromatic rings. The maximum atomic E-state index is 13.1. The Balaban J connectivity index is 1.50. The summed E-state index contributed by atoms with van der Waals surface area (Å²) in [5.74, 6) is 0.492. The van der Waals surface area contributed by atoms with Gasteiger partial charge in [0.05, 0.1) is 0 Å². The molecule has 0 saturated heterocycles. The molecule has 1 aliphatic heterocycles. The zero-order chi connectivity index (χ0) is 18.6. The van der Waals surface area contributed by atoms with Crippen molar-refractivity contribution in [1.82, 2.24) is 4.90 Å². The molecule has 3 aromatic carbocycles. The second-order valence-electron chi connectivity index (χ2n) is 6.66. The van der Waals surface area contributed by atoms with Crippen LogP contribution in [0.4, 0.5) is 4.39 Å². The number of amides is 1. The molecule has 0 fully saturated rings.